The maximum Gasteiger partial charge on any atom is 0.122 e. The number of aliphatic hydroxyl groups is 1. The Bertz CT molecular complexity index is 663. The minimum Gasteiger partial charge on any atom is -0.489 e. The minimum absolute atomic E-state index is 0.0914. The van der Waals surface area contributed by atoms with Crippen LogP contribution in [0, 0.1) is 25.7 Å². The van der Waals surface area contributed by atoms with Crippen molar-refractivity contribution in [3.8, 4) is 17.6 Å². The monoisotopic (exact) mass is 280 g/mol. The van der Waals surface area contributed by atoms with E-state index in [2.05, 4.69) is 37.0 Å². The Morgan fingerprint density at radius 3 is 2.71 bits per heavy atom. The van der Waals surface area contributed by atoms with Crippen LogP contribution in [-0.4, -0.2) is 11.7 Å². The second-order valence-electron chi connectivity index (χ2n) is 4.99. The molecule has 0 aromatic heterocycles. The molecule has 0 bridgehead atoms. The predicted molar refractivity (Wildman–Crippen MR) is 85.3 cm³/mol. The van der Waals surface area contributed by atoms with Crippen molar-refractivity contribution >= 4 is 0 Å². The number of benzene rings is 2. The average Bonchev–Trinajstić information content (AvgIpc) is 2.49. The second-order valence-corrected chi connectivity index (χ2v) is 4.99. The SMILES string of the molecule is Cc1ccc(C)c(OCc2ccccc2C#CCCO)c1. The lowest BCUT2D eigenvalue weighted by Gasteiger charge is -2.11. The van der Waals surface area contributed by atoms with Crippen LogP contribution >= 0.6 is 0 Å². The first-order valence-electron chi connectivity index (χ1n) is 7.08. The fourth-order valence-corrected chi connectivity index (χ4v) is 2.00. The van der Waals surface area contributed by atoms with Gasteiger partial charge in [-0.2, -0.15) is 0 Å². The van der Waals surface area contributed by atoms with Gasteiger partial charge in [-0.05, 0) is 37.1 Å². The van der Waals surface area contributed by atoms with Crippen LogP contribution < -0.4 is 4.74 Å². The molecule has 2 nitrogen and oxygen atoms in total. The minimum atomic E-state index is 0.0914. The Balaban J connectivity index is 2.13. The highest BCUT2D eigenvalue weighted by atomic mass is 16.5. The fourth-order valence-electron chi connectivity index (χ4n) is 2.00. The van der Waals surface area contributed by atoms with Gasteiger partial charge in [-0.15, -0.1) is 0 Å². The summed E-state index contributed by atoms with van der Waals surface area (Å²) < 4.78 is 5.93. The molecule has 0 spiro atoms. The average molecular weight is 280 g/mol. The normalized spacial score (nSPS) is 9.86. The highest BCUT2D eigenvalue weighted by molar-refractivity contribution is 5.42. The van der Waals surface area contributed by atoms with E-state index in [-0.39, 0.29) is 6.61 Å². The Kier molecular flexibility index (Phi) is 5.43. The van der Waals surface area contributed by atoms with E-state index in [1.54, 1.807) is 0 Å². The molecule has 21 heavy (non-hydrogen) atoms. The molecule has 2 aromatic rings. The topological polar surface area (TPSA) is 29.5 Å². The molecule has 0 aliphatic rings. The smallest absolute Gasteiger partial charge is 0.122 e. The maximum atomic E-state index is 8.79. The van der Waals surface area contributed by atoms with Crippen molar-refractivity contribution < 1.29 is 9.84 Å². The lowest BCUT2D eigenvalue weighted by Crippen LogP contribution is -1.99. The van der Waals surface area contributed by atoms with Gasteiger partial charge in [-0.1, -0.05) is 42.2 Å². The van der Waals surface area contributed by atoms with Gasteiger partial charge in [0.2, 0.25) is 0 Å². The first-order valence-corrected chi connectivity index (χ1v) is 7.08. The van der Waals surface area contributed by atoms with Gasteiger partial charge in [-0.3, -0.25) is 0 Å². The zero-order valence-electron chi connectivity index (χ0n) is 12.5. The number of aliphatic hydroxyl groups excluding tert-OH is 1. The van der Waals surface area contributed by atoms with Crippen molar-refractivity contribution in [3.63, 3.8) is 0 Å². The largest absolute Gasteiger partial charge is 0.489 e. The van der Waals surface area contributed by atoms with Gasteiger partial charge in [0.25, 0.3) is 0 Å². The van der Waals surface area contributed by atoms with Crippen molar-refractivity contribution in [1.82, 2.24) is 0 Å². The highest BCUT2D eigenvalue weighted by Crippen LogP contribution is 2.21. The summed E-state index contributed by atoms with van der Waals surface area (Å²) in [5.74, 6) is 6.95. The molecule has 0 aliphatic carbocycles. The van der Waals surface area contributed by atoms with E-state index in [1.807, 2.05) is 31.2 Å². The first-order chi connectivity index (χ1) is 10.2. The van der Waals surface area contributed by atoms with E-state index in [0.29, 0.717) is 13.0 Å². The fraction of sp³-hybridized carbons (Fsp3) is 0.263. The van der Waals surface area contributed by atoms with E-state index in [1.165, 1.54) is 5.56 Å². The summed E-state index contributed by atoms with van der Waals surface area (Å²) in [4.78, 5) is 0. The van der Waals surface area contributed by atoms with Crippen LogP contribution in [-0.2, 0) is 6.61 Å². The molecule has 0 atom stereocenters. The summed E-state index contributed by atoms with van der Waals surface area (Å²) in [6.45, 7) is 4.69. The molecular weight excluding hydrogens is 260 g/mol. The lowest BCUT2D eigenvalue weighted by atomic mass is 10.1. The molecule has 0 aliphatic heterocycles. The van der Waals surface area contributed by atoms with Crippen LogP contribution in [0.5, 0.6) is 5.75 Å². The van der Waals surface area contributed by atoms with Gasteiger partial charge in [0, 0.05) is 17.5 Å². The predicted octanol–water partition coefficient (Wildman–Crippen LogP) is 3.62. The van der Waals surface area contributed by atoms with Crippen LogP contribution in [0.3, 0.4) is 0 Å². The molecule has 0 amide bonds. The van der Waals surface area contributed by atoms with Crippen molar-refractivity contribution in [2.75, 3.05) is 6.61 Å². The Morgan fingerprint density at radius 2 is 1.90 bits per heavy atom. The lowest BCUT2D eigenvalue weighted by molar-refractivity contribution is 0.303. The summed E-state index contributed by atoms with van der Waals surface area (Å²) in [6.07, 6.45) is 0.492. The molecule has 2 aromatic carbocycles. The number of rotatable bonds is 4. The molecule has 0 unspecified atom stereocenters. The first kappa shape index (κ1) is 15.2. The Morgan fingerprint density at radius 1 is 1.10 bits per heavy atom. The molecule has 108 valence electrons. The summed E-state index contributed by atoms with van der Waals surface area (Å²) in [5.41, 5.74) is 4.33. The van der Waals surface area contributed by atoms with E-state index < -0.39 is 0 Å². The van der Waals surface area contributed by atoms with Gasteiger partial charge >= 0.3 is 0 Å². The van der Waals surface area contributed by atoms with Crippen molar-refractivity contribution in [2.45, 2.75) is 26.9 Å². The zero-order valence-corrected chi connectivity index (χ0v) is 12.5. The van der Waals surface area contributed by atoms with Crippen LogP contribution in [0.4, 0.5) is 0 Å². The highest BCUT2D eigenvalue weighted by Gasteiger charge is 2.03. The van der Waals surface area contributed by atoms with Crippen molar-refractivity contribution in [1.29, 1.82) is 0 Å². The molecule has 0 saturated carbocycles. The Hall–Kier alpha value is -2.24. The summed E-state index contributed by atoms with van der Waals surface area (Å²) in [7, 11) is 0. The molecule has 0 heterocycles. The van der Waals surface area contributed by atoms with E-state index in [4.69, 9.17) is 9.84 Å². The number of ether oxygens (including phenoxy) is 1. The van der Waals surface area contributed by atoms with Crippen molar-refractivity contribution in [2.24, 2.45) is 0 Å². The molecule has 2 heteroatoms. The van der Waals surface area contributed by atoms with Crippen LogP contribution in [0.25, 0.3) is 0 Å². The number of hydrogen-bond acceptors (Lipinski definition) is 2. The van der Waals surface area contributed by atoms with Crippen molar-refractivity contribution in [3.05, 3.63) is 64.7 Å². The Labute approximate surface area is 126 Å². The molecule has 0 fully saturated rings. The zero-order chi connectivity index (χ0) is 15.1. The van der Waals surface area contributed by atoms with Crippen LogP contribution in [0.15, 0.2) is 42.5 Å². The maximum absolute atomic E-state index is 8.79. The molecule has 2 rings (SSSR count). The number of aryl methyl sites for hydroxylation is 2. The number of hydrogen-bond donors (Lipinski definition) is 1. The third-order valence-electron chi connectivity index (χ3n) is 3.20. The van der Waals surface area contributed by atoms with Gasteiger partial charge in [0.1, 0.15) is 12.4 Å². The second kappa shape index (κ2) is 7.52. The summed E-state index contributed by atoms with van der Waals surface area (Å²) in [6, 6.07) is 14.1. The quantitative estimate of drug-likeness (QED) is 0.867. The molecule has 0 saturated heterocycles. The third-order valence-corrected chi connectivity index (χ3v) is 3.20. The van der Waals surface area contributed by atoms with Crippen LogP contribution in [0.1, 0.15) is 28.7 Å². The van der Waals surface area contributed by atoms with E-state index in [0.717, 1.165) is 22.4 Å². The van der Waals surface area contributed by atoms with Gasteiger partial charge in [-0.25, -0.2) is 0 Å². The molecule has 1 N–H and O–H groups in total. The van der Waals surface area contributed by atoms with Gasteiger partial charge < -0.3 is 9.84 Å². The molecule has 0 radical (unpaired) electrons. The van der Waals surface area contributed by atoms with E-state index >= 15 is 0 Å². The van der Waals surface area contributed by atoms with E-state index in [9.17, 15) is 0 Å². The molecular formula is C19H20O2. The summed E-state index contributed by atoms with van der Waals surface area (Å²) in [5, 5.41) is 8.79. The van der Waals surface area contributed by atoms with Gasteiger partial charge in [0.05, 0.1) is 6.61 Å². The summed E-state index contributed by atoms with van der Waals surface area (Å²) >= 11 is 0. The van der Waals surface area contributed by atoms with Gasteiger partial charge in [0.15, 0.2) is 0 Å². The third kappa shape index (κ3) is 4.37. The van der Waals surface area contributed by atoms with Crippen LogP contribution in [0.2, 0.25) is 0 Å². The standard InChI is InChI=1S/C19H20O2/c1-15-10-11-16(2)19(13-15)21-14-18-9-4-3-7-17(18)8-5-6-12-20/h3-4,7,9-11,13,20H,6,12,14H2,1-2H3.